The van der Waals surface area contributed by atoms with Gasteiger partial charge in [0.05, 0.1) is 11.5 Å². The number of piperazine rings is 1. The second-order valence-corrected chi connectivity index (χ2v) is 8.11. The lowest BCUT2D eigenvalue weighted by Gasteiger charge is -2.39. The molecular formula is C19H24N2O3S. The normalized spacial score (nSPS) is 19.7. The summed E-state index contributed by atoms with van der Waals surface area (Å²) < 4.78 is 33.0. The van der Waals surface area contributed by atoms with Crippen molar-refractivity contribution in [1.29, 1.82) is 0 Å². The van der Waals surface area contributed by atoms with E-state index < -0.39 is 10.0 Å². The van der Waals surface area contributed by atoms with Crippen molar-refractivity contribution in [2.75, 3.05) is 33.3 Å². The third-order valence-corrected chi connectivity index (χ3v) is 6.45. The standard InChI is InChI=1S/C19H24N2O3S/c1-3-24-17-9-11-18(12-10-17)25(22,23)21-14-13-20(2)19(15-21)16-7-5-4-6-8-16/h4-12,19H,3,13-15H2,1-2H3. The summed E-state index contributed by atoms with van der Waals surface area (Å²) in [5.74, 6) is 0.682. The van der Waals surface area contributed by atoms with E-state index in [2.05, 4.69) is 4.90 Å². The van der Waals surface area contributed by atoms with Crippen molar-refractivity contribution < 1.29 is 13.2 Å². The first kappa shape index (κ1) is 17.9. The fourth-order valence-electron chi connectivity index (χ4n) is 3.13. The Morgan fingerprint density at radius 1 is 1.04 bits per heavy atom. The van der Waals surface area contributed by atoms with Gasteiger partial charge in [-0.2, -0.15) is 4.31 Å². The molecule has 0 saturated carbocycles. The zero-order valence-corrected chi connectivity index (χ0v) is 15.4. The molecule has 2 aromatic rings. The van der Waals surface area contributed by atoms with E-state index in [0.717, 1.165) is 5.56 Å². The predicted octanol–water partition coefficient (Wildman–Crippen LogP) is 2.76. The molecule has 1 aliphatic heterocycles. The van der Waals surface area contributed by atoms with Crippen LogP contribution in [-0.4, -0.2) is 50.9 Å². The van der Waals surface area contributed by atoms with Gasteiger partial charge in [0.15, 0.2) is 0 Å². The van der Waals surface area contributed by atoms with Gasteiger partial charge in [-0.3, -0.25) is 4.90 Å². The lowest BCUT2D eigenvalue weighted by Crippen LogP contribution is -2.48. The van der Waals surface area contributed by atoms with Crippen molar-refractivity contribution in [2.24, 2.45) is 0 Å². The lowest BCUT2D eigenvalue weighted by atomic mass is 10.0. The maximum Gasteiger partial charge on any atom is 0.243 e. The second-order valence-electron chi connectivity index (χ2n) is 6.17. The zero-order chi connectivity index (χ0) is 17.9. The Morgan fingerprint density at radius 3 is 2.36 bits per heavy atom. The van der Waals surface area contributed by atoms with Gasteiger partial charge in [-0.25, -0.2) is 8.42 Å². The molecule has 0 aromatic heterocycles. The fourth-order valence-corrected chi connectivity index (χ4v) is 4.56. The Hall–Kier alpha value is -1.89. The molecule has 6 heteroatoms. The first-order chi connectivity index (χ1) is 12.0. The van der Waals surface area contributed by atoms with Crippen LogP contribution in [0, 0.1) is 0 Å². The van der Waals surface area contributed by atoms with Crippen molar-refractivity contribution in [3.63, 3.8) is 0 Å². The van der Waals surface area contributed by atoms with Gasteiger partial charge in [-0.1, -0.05) is 30.3 Å². The molecule has 1 saturated heterocycles. The number of rotatable bonds is 5. The van der Waals surface area contributed by atoms with Crippen molar-refractivity contribution in [2.45, 2.75) is 17.9 Å². The van der Waals surface area contributed by atoms with E-state index in [0.29, 0.717) is 36.9 Å². The second kappa shape index (κ2) is 7.56. The van der Waals surface area contributed by atoms with E-state index in [9.17, 15) is 8.42 Å². The molecule has 0 radical (unpaired) electrons. The minimum Gasteiger partial charge on any atom is -0.494 e. The quantitative estimate of drug-likeness (QED) is 0.823. The van der Waals surface area contributed by atoms with Crippen LogP contribution >= 0.6 is 0 Å². The van der Waals surface area contributed by atoms with Gasteiger partial charge in [-0.05, 0) is 43.8 Å². The predicted molar refractivity (Wildman–Crippen MR) is 98.2 cm³/mol. The van der Waals surface area contributed by atoms with E-state index in [1.807, 2.05) is 44.3 Å². The molecule has 3 rings (SSSR count). The number of ether oxygens (including phenoxy) is 1. The van der Waals surface area contributed by atoms with Crippen LogP contribution in [0.1, 0.15) is 18.5 Å². The Kier molecular flexibility index (Phi) is 5.42. The summed E-state index contributed by atoms with van der Waals surface area (Å²) in [7, 11) is -1.47. The van der Waals surface area contributed by atoms with Crippen molar-refractivity contribution in [3.8, 4) is 5.75 Å². The van der Waals surface area contributed by atoms with Crippen LogP contribution in [0.25, 0.3) is 0 Å². The van der Waals surface area contributed by atoms with Gasteiger partial charge < -0.3 is 4.74 Å². The molecule has 25 heavy (non-hydrogen) atoms. The summed E-state index contributed by atoms with van der Waals surface area (Å²) in [6.07, 6.45) is 0. The van der Waals surface area contributed by atoms with Gasteiger partial charge >= 0.3 is 0 Å². The molecule has 0 aliphatic carbocycles. The molecule has 0 N–H and O–H groups in total. The Morgan fingerprint density at radius 2 is 1.72 bits per heavy atom. The molecule has 0 bridgehead atoms. The summed E-state index contributed by atoms with van der Waals surface area (Å²) >= 11 is 0. The highest BCUT2D eigenvalue weighted by Crippen LogP contribution is 2.28. The number of hydrogen-bond donors (Lipinski definition) is 0. The van der Waals surface area contributed by atoms with Gasteiger partial charge in [0.25, 0.3) is 0 Å². The van der Waals surface area contributed by atoms with Gasteiger partial charge in [-0.15, -0.1) is 0 Å². The molecule has 1 unspecified atom stereocenters. The average Bonchev–Trinajstić information content (AvgIpc) is 2.63. The smallest absolute Gasteiger partial charge is 0.243 e. The van der Waals surface area contributed by atoms with E-state index in [1.165, 1.54) is 0 Å². The SMILES string of the molecule is CCOc1ccc(S(=O)(=O)N2CCN(C)C(c3ccccc3)C2)cc1. The van der Waals surface area contributed by atoms with Crippen LogP contribution in [-0.2, 0) is 10.0 Å². The van der Waals surface area contributed by atoms with Crippen LogP contribution in [0.3, 0.4) is 0 Å². The van der Waals surface area contributed by atoms with Gasteiger partial charge in [0.1, 0.15) is 5.75 Å². The van der Waals surface area contributed by atoms with Crippen molar-refractivity contribution in [3.05, 3.63) is 60.2 Å². The third-order valence-electron chi connectivity index (χ3n) is 4.57. The number of benzene rings is 2. The molecule has 0 amide bonds. The number of hydrogen-bond acceptors (Lipinski definition) is 4. The van der Waals surface area contributed by atoms with E-state index >= 15 is 0 Å². The summed E-state index contributed by atoms with van der Waals surface area (Å²) in [5, 5.41) is 0. The summed E-state index contributed by atoms with van der Waals surface area (Å²) in [4.78, 5) is 2.52. The summed E-state index contributed by atoms with van der Waals surface area (Å²) in [6.45, 7) is 4.11. The van der Waals surface area contributed by atoms with Crippen LogP contribution in [0.15, 0.2) is 59.5 Å². The molecule has 5 nitrogen and oxygen atoms in total. The minimum atomic E-state index is -3.51. The molecular weight excluding hydrogens is 336 g/mol. The Labute approximate surface area is 149 Å². The monoisotopic (exact) mass is 360 g/mol. The third kappa shape index (κ3) is 3.86. The Bertz CT molecular complexity index is 791. The van der Waals surface area contributed by atoms with Crippen LogP contribution in [0.4, 0.5) is 0 Å². The topological polar surface area (TPSA) is 49.9 Å². The average molecular weight is 360 g/mol. The molecule has 1 aliphatic rings. The molecule has 1 heterocycles. The van der Waals surface area contributed by atoms with E-state index in [4.69, 9.17) is 4.74 Å². The lowest BCUT2D eigenvalue weighted by molar-refractivity contribution is 0.148. The molecule has 1 fully saturated rings. The van der Waals surface area contributed by atoms with Gasteiger partial charge in [0.2, 0.25) is 10.0 Å². The highest BCUT2D eigenvalue weighted by Gasteiger charge is 2.33. The molecule has 134 valence electrons. The first-order valence-electron chi connectivity index (χ1n) is 8.50. The summed E-state index contributed by atoms with van der Waals surface area (Å²) in [5.41, 5.74) is 1.14. The first-order valence-corrected chi connectivity index (χ1v) is 9.94. The van der Waals surface area contributed by atoms with Crippen LogP contribution in [0.5, 0.6) is 5.75 Å². The van der Waals surface area contributed by atoms with Crippen molar-refractivity contribution >= 4 is 10.0 Å². The number of sulfonamides is 1. The zero-order valence-electron chi connectivity index (χ0n) is 14.6. The van der Waals surface area contributed by atoms with Gasteiger partial charge in [0, 0.05) is 25.7 Å². The highest BCUT2D eigenvalue weighted by atomic mass is 32.2. The minimum absolute atomic E-state index is 0.0624. The molecule has 0 spiro atoms. The van der Waals surface area contributed by atoms with Crippen molar-refractivity contribution in [1.82, 2.24) is 9.21 Å². The summed E-state index contributed by atoms with van der Waals surface area (Å²) in [6, 6.07) is 16.8. The maximum atomic E-state index is 13.0. The number of likely N-dealkylation sites (N-methyl/N-ethyl adjacent to an activating group) is 1. The molecule has 2 aromatic carbocycles. The van der Waals surface area contributed by atoms with Crippen LogP contribution < -0.4 is 4.74 Å². The Balaban J connectivity index is 1.82. The number of nitrogens with zero attached hydrogens (tertiary/aromatic N) is 2. The molecule has 1 atom stereocenters. The fraction of sp³-hybridized carbons (Fsp3) is 0.368. The van der Waals surface area contributed by atoms with E-state index in [-0.39, 0.29) is 6.04 Å². The largest absolute Gasteiger partial charge is 0.494 e. The van der Waals surface area contributed by atoms with Crippen LogP contribution in [0.2, 0.25) is 0 Å². The van der Waals surface area contributed by atoms with E-state index in [1.54, 1.807) is 28.6 Å². The maximum absolute atomic E-state index is 13.0. The highest BCUT2D eigenvalue weighted by molar-refractivity contribution is 7.89.